The van der Waals surface area contributed by atoms with Gasteiger partial charge in [-0.3, -0.25) is 4.79 Å². The molecule has 1 saturated heterocycles. The minimum absolute atomic E-state index is 0.0441. The van der Waals surface area contributed by atoms with Crippen LogP contribution in [0.1, 0.15) is 65.2 Å². The van der Waals surface area contributed by atoms with Gasteiger partial charge in [-0.2, -0.15) is 0 Å². The molecule has 4 saturated carbocycles. The number of halogens is 1. The molecule has 0 spiro atoms. The molecule has 2 nitrogen and oxygen atoms in total. The molecule has 5 fully saturated rings. The Balaban J connectivity index is 1.66. The Labute approximate surface area is 133 Å². The summed E-state index contributed by atoms with van der Waals surface area (Å²) in [6.45, 7) is 5.83. The van der Waals surface area contributed by atoms with Crippen LogP contribution in [-0.4, -0.2) is 29.3 Å². The Bertz CT molecular complexity index is 458. The van der Waals surface area contributed by atoms with Gasteiger partial charge in [-0.25, -0.2) is 0 Å². The van der Waals surface area contributed by atoms with Crippen LogP contribution in [0.25, 0.3) is 0 Å². The van der Waals surface area contributed by atoms with E-state index in [9.17, 15) is 4.79 Å². The maximum Gasteiger partial charge on any atom is 0.229 e. The van der Waals surface area contributed by atoms with Gasteiger partial charge in [-0.15, -0.1) is 11.6 Å². The van der Waals surface area contributed by atoms with E-state index in [1.807, 2.05) is 0 Å². The van der Waals surface area contributed by atoms with Crippen molar-refractivity contribution >= 4 is 17.5 Å². The molecular weight excluding hydrogens is 282 g/mol. The van der Waals surface area contributed by atoms with Crippen LogP contribution in [0.4, 0.5) is 0 Å². The van der Waals surface area contributed by atoms with Gasteiger partial charge in [-0.05, 0) is 68.1 Å². The average Bonchev–Trinajstić information content (AvgIpc) is 2.81. The van der Waals surface area contributed by atoms with Gasteiger partial charge in [0.15, 0.2) is 0 Å². The predicted octanol–water partition coefficient (Wildman–Crippen LogP) is 4.21. The van der Waals surface area contributed by atoms with Gasteiger partial charge in [0.05, 0.1) is 5.41 Å². The fourth-order valence-corrected chi connectivity index (χ4v) is 7.58. The zero-order valence-electron chi connectivity index (χ0n) is 13.5. The number of carbonyl (C=O) groups excluding carboxylic acids is 1. The Morgan fingerprint density at radius 2 is 1.81 bits per heavy atom. The highest BCUT2D eigenvalue weighted by molar-refractivity contribution is 6.18. The van der Waals surface area contributed by atoms with Crippen molar-refractivity contribution in [1.29, 1.82) is 0 Å². The summed E-state index contributed by atoms with van der Waals surface area (Å²) in [5.41, 5.74) is 0.789. The summed E-state index contributed by atoms with van der Waals surface area (Å²) in [7, 11) is 0. The van der Waals surface area contributed by atoms with E-state index in [-0.39, 0.29) is 5.41 Å². The zero-order valence-corrected chi connectivity index (χ0v) is 14.2. The molecule has 5 rings (SSSR count). The van der Waals surface area contributed by atoms with Crippen molar-refractivity contribution in [3.8, 4) is 0 Å². The van der Waals surface area contributed by atoms with Crippen LogP contribution in [0, 0.1) is 22.2 Å². The second-order valence-electron chi connectivity index (χ2n) is 9.36. The van der Waals surface area contributed by atoms with Crippen molar-refractivity contribution in [2.75, 3.05) is 12.4 Å². The molecule has 0 aromatic carbocycles. The third-order valence-corrected chi connectivity index (χ3v) is 7.25. The van der Waals surface area contributed by atoms with E-state index in [4.69, 9.17) is 11.6 Å². The van der Waals surface area contributed by atoms with E-state index in [0.29, 0.717) is 28.7 Å². The summed E-state index contributed by atoms with van der Waals surface area (Å²) in [4.78, 5) is 15.6. The number of alkyl halides is 1. The Hall–Kier alpha value is -0.240. The van der Waals surface area contributed by atoms with Gasteiger partial charge in [0.25, 0.3) is 0 Å². The third-order valence-electron chi connectivity index (χ3n) is 6.90. The second kappa shape index (κ2) is 4.40. The molecule has 1 heterocycles. The Morgan fingerprint density at radius 1 is 1.14 bits per heavy atom. The van der Waals surface area contributed by atoms with Gasteiger partial charge in [-0.1, -0.05) is 13.8 Å². The predicted molar refractivity (Wildman–Crippen MR) is 85.3 cm³/mol. The molecule has 0 aromatic rings. The molecule has 0 aromatic heterocycles. The van der Waals surface area contributed by atoms with Crippen molar-refractivity contribution < 1.29 is 4.79 Å². The lowest BCUT2D eigenvalue weighted by Gasteiger charge is -2.65. The number of likely N-dealkylation sites (tertiary alicyclic amines) is 1. The van der Waals surface area contributed by atoms with Crippen molar-refractivity contribution in [2.24, 2.45) is 22.2 Å². The van der Waals surface area contributed by atoms with Crippen molar-refractivity contribution in [3.63, 3.8) is 0 Å². The maximum atomic E-state index is 13.4. The van der Waals surface area contributed by atoms with Crippen LogP contribution in [0.15, 0.2) is 0 Å². The molecule has 4 bridgehead atoms. The minimum atomic E-state index is -0.0441. The lowest BCUT2D eigenvalue weighted by molar-refractivity contribution is -0.179. The minimum Gasteiger partial charge on any atom is -0.338 e. The molecule has 0 N–H and O–H groups in total. The maximum absolute atomic E-state index is 13.4. The monoisotopic (exact) mass is 309 g/mol. The number of carbonyl (C=O) groups is 1. The molecule has 118 valence electrons. The van der Waals surface area contributed by atoms with E-state index in [1.54, 1.807) is 0 Å². The van der Waals surface area contributed by atoms with E-state index < -0.39 is 0 Å². The number of nitrogens with zero attached hydrogens (tertiary/aromatic N) is 1. The van der Waals surface area contributed by atoms with Gasteiger partial charge >= 0.3 is 0 Å². The summed E-state index contributed by atoms with van der Waals surface area (Å²) in [6.07, 6.45) is 9.72. The van der Waals surface area contributed by atoms with Crippen molar-refractivity contribution in [3.05, 3.63) is 0 Å². The fourth-order valence-electron chi connectivity index (χ4n) is 7.25. The molecule has 3 unspecified atom stereocenters. The first-order valence-electron chi connectivity index (χ1n) is 8.74. The summed E-state index contributed by atoms with van der Waals surface area (Å²) >= 11 is 6.12. The highest BCUT2D eigenvalue weighted by atomic mass is 35.5. The summed E-state index contributed by atoms with van der Waals surface area (Å²) in [5.74, 6) is 1.87. The second-order valence-corrected chi connectivity index (χ2v) is 9.67. The highest BCUT2D eigenvalue weighted by Gasteiger charge is 2.63. The van der Waals surface area contributed by atoms with E-state index in [1.165, 1.54) is 19.3 Å². The van der Waals surface area contributed by atoms with Gasteiger partial charge < -0.3 is 4.90 Å². The number of hydrogen-bond acceptors (Lipinski definition) is 1. The van der Waals surface area contributed by atoms with Crippen LogP contribution in [0.5, 0.6) is 0 Å². The zero-order chi connectivity index (χ0) is 14.9. The molecule has 0 radical (unpaired) electrons. The highest BCUT2D eigenvalue weighted by Crippen LogP contribution is 2.70. The molecule has 5 aliphatic rings. The first-order chi connectivity index (χ1) is 9.87. The van der Waals surface area contributed by atoms with Gasteiger partial charge in [0.2, 0.25) is 5.91 Å². The van der Waals surface area contributed by atoms with Crippen LogP contribution >= 0.6 is 11.6 Å². The third kappa shape index (κ3) is 2.08. The van der Waals surface area contributed by atoms with Crippen molar-refractivity contribution in [1.82, 2.24) is 4.90 Å². The van der Waals surface area contributed by atoms with Crippen LogP contribution < -0.4 is 0 Å². The summed E-state index contributed by atoms with van der Waals surface area (Å²) in [5, 5.41) is 0. The first-order valence-corrected chi connectivity index (χ1v) is 9.28. The van der Waals surface area contributed by atoms with E-state index in [0.717, 1.165) is 44.6 Å². The molecule has 21 heavy (non-hydrogen) atoms. The molecule has 1 amide bonds. The molecule has 1 aliphatic heterocycles. The number of hydrogen-bond donors (Lipinski definition) is 0. The Morgan fingerprint density at radius 3 is 2.38 bits per heavy atom. The average molecular weight is 310 g/mol. The lowest BCUT2D eigenvalue weighted by Crippen LogP contribution is -2.61. The summed E-state index contributed by atoms with van der Waals surface area (Å²) < 4.78 is 0. The molecule has 3 heteroatoms. The van der Waals surface area contributed by atoms with Crippen LogP contribution in [-0.2, 0) is 4.79 Å². The smallest absolute Gasteiger partial charge is 0.229 e. The lowest BCUT2D eigenvalue weighted by atomic mass is 9.40. The van der Waals surface area contributed by atoms with E-state index >= 15 is 0 Å². The number of rotatable bonds is 2. The Kier molecular flexibility index (Phi) is 3.01. The van der Waals surface area contributed by atoms with E-state index in [2.05, 4.69) is 18.7 Å². The fraction of sp³-hybridized carbons (Fsp3) is 0.944. The summed E-state index contributed by atoms with van der Waals surface area (Å²) in [6, 6.07) is 0.299. The topological polar surface area (TPSA) is 20.3 Å². The van der Waals surface area contributed by atoms with Gasteiger partial charge in [0, 0.05) is 18.5 Å². The largest absolute Gasteiger partial charge is 0.338 e. The van der Waals surface area contributed by atoms with Crippen LogP contribution in [0.3, 0.4) is 0 Å². The number of amides is 1. The molecule has 3 atom stereocenters. The SMILES string of the molecule is CC12CC3CC(C)(C1)CC(C(=O)N1CCCC1CCl)(C3)C2. The normalized spacial score (nSPS) is 51.7. The first kappa shape index (κ1) is 14.4. The van der Waals surface area contributed by atoms with Crippen LogP contribution in [0.2, 0.25) is 0 Å². The quantitative estimate of drug-likeness (QED) is 0.700. The standard InChI is InChI=1S/C18H28ClNO/c1-16-6-13-7-17(2,10-16)12-18(8-13,11-16)15(21)20-5-3-4-14(20)9-19/h13-14H,3-12H2,1-2H3. The van der Waals surface area contributed by atoms with Crippen molar-refractivity contribution in [2.45, 2.75) is 71.3 Å². The molecular formula is C18H28ClNO. The van der Waals surface area contributed by atoms with Gasteiger partial charge in [0.1, 0.15) is 0 Å². The molecule has 4 aliphatic carbocycles.